The normalized spacial score (nSPS) is 11.8. The van der Waals surface area contributed by atoms with Crippen molar-refractivity contribution in [3.8, 4) is 55.9 Å². The average molecular weight is 815 g/mol. The summed E-state index contributed by atoms with van der Waals surface area (Å²) in [6.45, 7) is 0. The van der Waals surface area contributed by atoms with Gasteiger partial charge in [-0.05, 0) is 106 Å². The Hall–Kier alpha value is -8.60. The fourth-order valence-electron chi connectivity index (χ4n) is 9.84. The van der Waals surface area contributed by atoms with Crippen molar-refractivity contribution < 1.29 is 0 Å². The van der Waals surface area contributed by atoms with Gasteiger partial charge < -0.3 is 9.13 Å². The van der Waals surface area contributed by atoms with Gasteiger partial charge in [-0.25, -0.2) is 0 Å². The van der Waals surface area contributed by atoms with E-state index in [1.165, 1.54) is 65.9 Å². The van der Waals surface area contributed by atoms with E-state index >= 15 is 0 Å². The second-order valence-corrected chi connectivity index (χ2v) is 16.7. The van der Waals surface area contributed by atoms with Gasteiger partial charge in [0.05, 0.1) is 33.1 Å². The lowest BCUT2D eigenvalue weighted by atomic mass is 10.0. The number of fused-ring (bicyclic) bond motifs is 9. The molecule has 0 amide bonds. The number of aromatic nitrogens is 4. The molecular formula is C60H38N4. The van der Waals surface area contributed by atoms with Crippen molar-refractivity contribution in [3.63, 3.8) is 0 Å². The van der Waals surface area contributed by atoms with Crippen LogP contribution in [0.2, 0.25) is 0 Å². The maximum atomic E-state index is 5.02. The maximum Gasteiger partial charge on any atom is 0.0965 e. The molecule has 4 heteroatoms. The Morgan fingerprint density at radius 2 is 0.609 bits per heavy atom. The van der Waals surface area contributed by atoms with Crippen LogP contribution in [0.1, 0.15) is 0 Å². The number of rotatable bonds is 6. The molecule has 0 radical (unpaired) electrons. The molecule has 64 heavy (non-hydrogen) atoms. The third-order valence-electron chi connectivity index (χ3n) is 13.0. The Balaban J connectivity index is 0.797. The molecule has 0 aliphatic rings. The molecule has 13 rings (SSSR count). The van der Waals surface area contributed by atoms with Crippen molar-refractivity contribution in [2.45, 2.75) is 0 Å². The average Bonchev–Trinajstić information content (AvgIpc) is 3.89. The summed E-state index contributed by atoms with van der Waals surface area (Å²) in [6, 6.07) is 78.7. The van der Waals surface area contributed by atoms with Gasteiger partial charge in [0.1, 0.15) is 0 Å². The van der Waals surface area contributed by atoms with E-state index in [2.05, 4.69) is 228 Å². The van der Waals surface area contributed by atoms with Gasteiger partial charge in [-0.2, -0.15) is 0 Å². The molecule has 0 aliphatic heterocycles. The van der Waals surface area contributed by atoms with E-state index in [4.69, 9.17) is 9.97 Å². The fraction of sp³-hybridized carbons (Fsp3) is 0. The zero-order chi connectivity index (χ0) is 42.1. The van der Waals surface area contributed by atoms with Crippen LogP contribution >= 0.6 is 0 Å². The summed E-state index contributed by atoms with van der Waals surface area (Å²) < 4.78 is 4.74. The fourth-order valence-corrected chi connectivity index (χ4v) is 9.84. The lowest BCUT2D eigenvalue weighted by molar-refractivity contribution is 1.18. The first kappa shape index (κ1) is 36.1. The van der Waals surface area contributed by atoms with Gasteiger partial charge in [0.15, 0.2) is 0 Å². The van der Waals surface area contributed by atoms with Crippen molar-refractivity contribution in [1.29, 1.82) is 0 Å². The van der Waals surface area contributed by atoms with Crippen molar-refractivity contribution in [3.05, 3.63) is 231 Å². The van der Waals surface area contributed by atoms with Crippen molar-refractivity contribution in [2.75, 3.05) is 0 Å². The van der Waals surface area contributed by atoms with Gasteiger partial charge in [-0.3, -0.25) is 9.97 Å². The van der Waals surface area contributed by atoms with Gasteiger partial charge in [0.2, 0.25) is 0 Å². The van der Waals surface area contributed by atoms with E-state index in [1.54, 1.807) is 0 Å². The molecule has 0 fully saturated rings. The van der Waals surface area contributed by atoms with Gasteiger partial charge >= 0.3 is 0 Å². The molecule has 0 saturated heterocycles. The van der Waals surface area contributed by atoms with Gasteiger partial charge in [-0.1, -0.05) is 146 Å². The lowest BCUT2D eigenvalue weighted by Gasteiger charge is -2.11. The molecule has 13 aromatic rings. The summed E-state index contributed by atoms with van der Waals surface area (Å²) in [5.41, 5.74) is 18.1. The number of nitrogens with zero attached hydrogens (tertiary/aromatic N) is 4. The topological polar surface area (TPSA) is 35.6 Å². The Morgan fingerprint density at radius 1 is 0.250 bits per heavy atom. The first-order chi connectivity index (χ1) is 31.7. The second kappa shape index (κ2) is 14.5. The maximum absolute atomic E-state index is 5.02. The van der Waals surface area contributed by atoms with E-state index in [-0.39, 0.29) is 0 Å². The standard InChI is InChI=1S/C60H38N4/c1-3-11-39(12-4-1)43-25-31-57-53(35-43)51-15-7-9-17-55(51)63(57)49-27-21-41(22-28-49)47-33-45-19-20-46-34-48(38-62-60(46)59(45)61-37-47)42-23-29-50(30-24-42)64-56-18-10-8-16-52(56)54-36-44(26-32-58(54)64)40-13-5-2-6-14-40/h1-38H. The molecule has 4 aromatic heterocycles. The molecule has 4 heterocycles. The minimum Gasteiger partial charge on any atom is -0.309 e. The third-order valence-corrected chi connectivity index (χ3v) is 13.0. The highest BCUT2D eigenvalue weighted by molar-refractivity contribution is 6.12. The van der Waals surface area contributed by atoms with E-state index in [0.717, 1.165) is 55.4 Å². The summed E-state index contributed by atoms with van der Waals surface area (Å²) in [5, 5.41) is 7.13. The minimum absolute atomic E-state index is 0.904. The zero-order valence-corrected chi connectivity index (χ0v) is 34.7. The van der Waals surface area contributed by atoms with Gasteiger partial charge in [0, 0.05) is 67.2 Å². The first-order valence-electron chi connectivity index (χ1n) is 21.8. The second-order valence-electron chi connectivity index (χ2n) is 16.7. The Kier molecular flexibility index (Phi) is 8.18. The summed E-state index contributed by atoms with van der Waals surface area (Å²) >= 11 is 0. The summed E-state index contributed by atoms with van der Waals surface area (Å²) in [5.74, 6) is 0. The van der Waals surface area contributed by atoms with Crippen LogP contribution in [0.3, 0.4) is 0 Å². The predicted octanol–water partition coefficient (Wildman–Crippen LogP) is 15.6. The largest absolute Gasteiger partial charge is 0.309 e. The summed E-state index contributed by atoms with van der Waals surface area (Å²) in [4.78, 5) is 10.0. The van der Waals surface area contributed by atoms with Crippen LogP contribution in [0.25, 0.3) is 121 Å². The molecule has 0 N–H and O–H groups in total. The summed E-state index contributed by atoms with van der Waals surface area (Å²) in [6.07, 6.45) is 3.96. The van der Waals surface area contributed by atoms with Crippen LogP contribution in [0.5, 0.6) is 0 Å². The van der Waals surface area contributed by atoms with Crippen molar-refractivity contribution >= 4 is 65.4 Å². The Morgan fingerprint density at radius 3 is 1.05 bits per heavy atom. The zero-order valence-electron chi connectivity index (χ0n) is 34.7. The van der Waals surface area contributed by atoms with E-state index < -0.39 is 0 Å². The number of hydrogen-bond donors (Lipinski definition) is 0. The van der Waals surface area contributed by atoms with Gasteiger partial charge in [0.25, 0.3) is 0 Å². The van der Waals surface area contributed by atoms with Crippen LogP contribution in [0.15, 0.2) is 231 Å². The quantitative estimate of drug-likeness (QED) is 0.157. The Labute approximate surface area is 369 Å². The molecular weight excluding hydrogens is 777 g/mol. The van der Waals surface area contributed by atoms with Gasteiger partial charge in [-0.15, -0.1) is 0 Å². The number of para-hydroxylation sites is 2. The molecule has 9 aromatic carbocycles. The van der Waals surface area contributed by atoms with Crippen LogP contribution in [-0.2, 0) is 0 Å². The molecule has 298 valence electrons. The number of hydrogen-bond acceptors (Lipinski definition) is 2. The molecule has 0 atom stereocenters. The van der Waals surface area contributed by atoms with Crippen molar-refractivity contribution in [2.24, 2.45) is 0 Å². The SMILES string of the molecule is c1ccc(-c2ccc3c(c2)c2ccccc2n3-c2ccc(-c3cnc4c(ccc5cc(-c6ccc(-n7c8ccccc8c8cc(-c9ccccc9)ccc87)cc6)cnc54)c3)cc2)cc1. The highest BCUT2D eigenvalue weighted by Gasteiger charge is 2.16. The van der Waals surface area contributed by atoms with Crippen LogP contribution in [0.4, 0.5) is 0 Å². The number of benzene rings is 9. The van der Waals surface area contributed by atoms with E-state index in [0.29, 0.717) is 0 Å². The van der Waals surface area contributed by atoms with Crippen LogP contribution in [-0.4, -0.2) is 19.1 Å². The van der Waals surface area contributed by atoms with Crippen molar-refractivity contribution in [1.82, 2.24) is 19.1 Å². The highest BCUT2D eigenvalue weighted by Crippen LogP contribution is 2.38. The predicted molar refractivity (Wildman–Crippen MR) is 267 cm³/mol. The molecule has 0 unspecified atom stereocenters. The van der Waals surface area contributed by atoms with Crippen LogP contribution < -0.4 is 0 Å². The Bertz CT molecular complexity index is 3660. The molecule has 4 nitrogen and oxygen atoms in total. The van der Waals surface area contributed by atoms with Crippen LogP contribution in [0, 0.1) is 0 Å². The monoisotopic (exact) mass is 814 g/mol. The lowest BCUT2D eigenvalue weighted by Crippen LogP contribution is -1.94. The smallest absolute Gasteiger partial charge is 0.0965 e. The van der Waals surface area contributed by atoms with E-state index in [1.807, 2.05) is 12.4 Å². The number of pyridine rings is 2. The van der Waals surface area contributed by atoms with E-state index in [9.17, 15) is 0 Å². The highest BCUT2D eigenvalue weighted by atomic mass is 15.0. The summed E-state index contributed by atoms with van der Waals surface area (Å²) in [7, 11) is 0. The molecule has 0 aliphatic carbocycles. The molecule has 0 bridgehead atoms. The molecule has 0 spiro atoms. The molecule has 0 saturated carbocycles. The first-order valence-corrected chi connectivity index (χ1v) is 21.8. The minimum atomic E-state index is 0.904. The third kappa shape index (κ3) is 5.84.